The Morgan fingerprint density at radius 1 is 0.793 bits per heavy atom. The van der Waals surface area contributed by atoms with Gasteiger partial charge in [-0.3, -0.25) is 9.59 Å². The van der Waals surface area contributed by atoms with E-state index in [-0.39, 0.29) is 29.2 Å². The van der Waals surface area contributed by atoms with Crippen molar-refractivity contribution in [2.75, 3.05) is 5.32 Å². The number of hydrogen-bond acceptors (Lipinski definition) is 3. The highest BCUT2D eigenvalue weighted by Gasteiger charge is 2.31. The standard InChI is InChI=1S/C24H30N2O3/c1-24(2,3)26-23(28)18-11-9-17(10-12-18)22(27)25-19-13-15-21(16-14-19)29-20-7-5-4-6-8-20/h4-8,13-18H,9-12H2,1-3H3,(H,25,27)(H,26,28). The molecule has 2 aromatic carbocycles. The summed E-state index contributed by atoms with van der Waals surface area (Å²) in [7, 11) is 0. The number of hydrogen-bond donors (Lipinski definition) is 2. The van der Waals surface area contributed by atoms with E-state index >= 15 is 0 Å². The van der Waals surface area contributed by atoms with Gasteiger partial charge in [0.05, 0.1) is 0 Å². The van der Waals surface area contributed by atoms with E-state index in [2.05, 4.69) is 10.6 Å². The second-order valence-corrected chi connectivity index (χ2v) is 8.72. The third kappa shape index (κ3) is 6.34. The van der Waals surface area contributed by atoms with Crippen molar-refractivity contribution in [3.8, 4) is 11.5 Å². The Bertz CT molecular complexity index is 817. The van der Waals surface area contributed by atoms with Gasteiger partial charge in [0.15, 0.2) is 0 Å². The number of ether oxygens (including phenoxy) is 1. The van der Waals surface area contributed by atoms with Gasteiger partial charge in [-0.25, -0.2) is 0 Å². The Labute approximate surface area is 172 Å². The van der Waals surface area contributed by atoms with Crippen LogP contribution in [0.1, 0.15) is 46.5 Å². The number of carbonyl (C=O) groups is 2. The van der Waals surface area contributed by atoms with Gasteiger partial charge in [0.1, 0.15) is 11.5 Å². The molecule has 1 aliphatic carbocycles. The fourth-order valence-electron chi connectivity index (χ4n) is 3.56. The van der Waals surface area contributed by atoms with Crippen molar-refractivity contribution >= 4 is 17.5 Å². The molecule has 3 rings (SSSR count). The minimum Gasteiger partial charge on any atom is -0.457 e. The van der Waals surface area contributed by atoms with Crippen LogP contribution in [0.3, 0.4) is 0 Å². The maximum Gasteiger partial charge on any atom is 0.227 e. The number of rotatable bonds is 5. The molecule has 1 aliphatic rings. The summed E-state index contributed by atoms with van der Waals surface area (Å²) >= 11 is 0. The van der Waals surface area contributed by atoms with Crippen LogP contribution in [0.5, 0.6) is 11.5 Å². The Morgan fingerprint density at radius 3 is 1.86 bits per heavy atom. The van der Waals surface area contributed by atoms with Crippen molar-refractivity contribution in [1.82, 2.24) is 5.32 Å². The van der Waals surface area contributed by atoms with Crippen molar-refractivity contribution in [1.29, 1.82) is 0 Å². The minimum atomic E-state index is -0.221. The Hall–Kier alpha value is -2.82. The van der Waals surface area contributed by atoms with Crippen LogP contribution in [-0.4, -0.2) is 17.4 Å². The number of nitrogens with one attached hydrogen (secondary N) is 2. The van der Waals surface area contributed by atoms with Crippen LogP contribution in [-0.2, 0) is 9.59 Å². The Morgan fingerprint density at radius 2 is 1.31 bits per heavy atom. The van der Waals surface area contributed by atoms with Crippen LogP contribution in [0.25, 0.3) is 0 Å². The summed E-state index contributed by atoms with van der Waals surface area (Å²) in [6.45, 7) is 5.96. The molecule has 0 aromatic heterocycles. The maximum absolute atomic E-state index is 12.6. The molecule has 0 unspecified atom stereocenters. The molecule has 2 N–H and O–H groups in total. The molecule has 0 radical (unpaired) electrons. The summed E-state index contributed by atoms with van der Waals surface area (Å²) in [6.07, 6.45) is 2.99. The molecule has 29 heavy (non-hydrogen) atoms. The molecule has 5 nitrogen and oxygen atoms in total. The average Bonchev–Trinajstić information content (AvgIpc) is 2.69. The van der Waals surface area contributed by atoms with E-state index in [1.807, 2.05) is 75.4 Å². The molecule has 1 fully saturated rings. The third-order valence-corrected chi connectivity index (χ3v) is 5.07. The summed E-state index contributed by atoms with van der Waals surface area (Å²) in [5, 5.41) is 6.03. The predicted octanol–water partition coefficient (Wildman–Crippen LogP) is 5.14. The van der Waals surface area contributed by atoms with Gasteiger partial charge in [-0.1, -0.05) is 18.2 Å². The van der Waals surface area contributed by atoms with Crippen molar-refractivity contribution in [3.05, 3.63) is 54.6 Å². The number of benzene rings is 2. The number of para-hydroxylation sites is 1. The summed E-state index contributed by atoms with van der Waals surface area (Å²) in [4.78, 5) is 24.9. The monoisotopic (exact) mass is 394 g/mol. The van der Waals surface area contributed by atoms with E-state index in [4.69, 9.17) is 4.74 Å². The van der Waals surface area contributed by atoms with Crippen LogP contribution in [0.4, 0.5) is 5.69 Å². The number of carbonyl (C=O) groups excluding carboxylic acids is 2. The van der Waals surface area contributed by atoms with E-state index in [0.29, 0.717) is 0 Å². The second kappa shape index (κ2) is 9.12. The fraction of sp³-hybridized carbons (Fsp3) is 0.417. The Balaban J connectivity index is 1.48. The van der Waals surface area contributed by atoms with Crippen molar-refractivity contribution in [2.24, 2.45) is 11.8 Å². The molecule has 0 spiro atoms. The highest BCUT2D eigenvalue weighted by molar-refractivity contribution is 5.92. The smallest absolute Gasteiger partial charge is 0.227 e. The van der Waals surface area contributed by atoms with Crippen LogP contribution in [0.2, 0.25) is 0 Å². The van der Waals surface area contributed by atoms with Gasteiger partial charge in [-0.15, -0.1) is 0 Å². The second-order valence-electron chi connectivity index (χ2n) is 8.72. The zero-order chi connectivity index (χ0) is 20.9. The summed E-state index contributed by atoms with van der Waals surface area (Å²) in [5.74, 6) is 1.58. The zero-order valence-corrected chi connectivity index (χ0v) is 17.4. The molecule has 0 heterocycles. The van der Waals surface area contributed by atoms with Crippen LogP contribution >= 0.6 is 0 Å². The van der Waals surface area contributed by atoms with E-state index in [0.717, 1.165) is 42.9 Å². The molecule has 5 heteroatoms. The molecule has 2 aromatic rings. The van der Waals surface area contributed by atoms with Gasteiger partial charge in [0.2, 0.25) is 11.8 Å². The van der Waals surface area contributed by atoms with Crippen LogP contribution < -0.4 is 15.4 Å². The first kappa shape index (κ1) is 20.9. The molecule has 0 aliphatic heterocycles. The van der Waals surface area contributed by atoms with Crippen LogP contribution in [0, 0.1) is 11.8 Å². The topological polar surface area (TPSA) is 67.4 Å². The fourth-order valence-corrected chi connectivity index (χ4v) is 3.56. The lowest BCUT2D eigenvalue weighted by atomic mass is 9.81. The molecule has 0 bridgehead atoms. The molecule has 0 atom stereocenters. The first-order chi connectivity index (χ1) is 13.8. The Kier molecular flexibility index (Phi) is 6.57. The van der Waals surface area contributed by atoms with Crippen LogP contribution in [0.15, 0.2) is 54.6 Å². The van der Waals surface area contributed by atoms with Gasteiger partial charge in [0.25, 0.3) is 0 Å². The summed E-state index contributed by atoms with van der Waals surface area (Å²) in [5.41, 5.74) is 0.532. The average molecular weight is 395 g/mol. The maximum atomic E-state index is 12.6. The lowest BCUT2D eigenvalue weighted by molar-refractivity contribution is -0.129. The van der Waals surface area contributed by atoms with Gasteiger partial charge in [-0.05, 0) is 82.9 Å². The normalized spacial score (nSPS) is 19.3. The largest absolute Gasteiger partial charge is 0.457 e. The van der Waals surface area contributed by atoms with Gasteiger partial charge >= 0.3 is 0 Å². The van der Waals surface area contributed by atoms with Gasteiger partial charge in [0, 0.05) is 23.1 Å². The van der Waals surface area contributed by atoms with Gasteiger partial charge < -0.3 is 15.4 Å². The van der Waals surface area contributed by atoms with Gasteiger partial charge in [-0.2, -0.15) is 0 Å². The first-order valence-corrected chi connectivity index (χ1v) is 10.3. The summed E-state index contributed by atoms with van der Waals surface area (Å²) in [6, 6.07) is 17.0. The molecule has 2 amide bonds. The number of anilines is 1. The van der Waals surface area contributed by atoms with Crippen molar-refractivity contribution < 1.29 is 14.3 Å². The summed E-state index contributed by atoms with van der Waals surface area (Å²) < 4.78 is 5.77. The minimum absolute atomic E-state index is 0.00712. The first-order valence-electron chi connectivity index (χ1n) is 10.3. The van der Waals surface area contributed by atoms with E-state index < -0.39 is 0 Å². The molecule has 0 saturated heterocycles. The van der Waals surface area contributed by atoms with Crippen molar-refractivity contribution in [3.63, 3.8) is 0 Å². The highest BCUT2D eigenvalue weighted by Crippen LogP contribution is 2.30. The number of amides is 2. The van der Waals surface area contributed by atoms with E-state index in [1.54, 1.807) is 0 Å². The SMILES string of the molecule is CC(C)(C)NC(=O)C1CCC(C(=O)Nc2ccc(Oc3ccccc3)cc2)CC1. The quantitative estimate of drug-likeness (QED) is 0.738. The molecular formula is C24H30N2O3. The van der Waals surface area contributed by atoms with E-state index in [9.17, 15) is 9.59 Å². The molecule has 154 valence electrons. The van der Waals surface area contributed by atoms with E-state index in [1.165, 1.54) is 0 Å². The lowest BCUT2D eigenvalue weighted by Crippen LogP contribution is -2.45. The molecular weight excluding hydrogens is 364 g/mol. The zero-order valence-electron chi connectivity index (χ0n) is 17.4. The van der Waals surface area contributed by atoms with Crippen molar-refractivity contribution in [2.45, 2.75) is 52.0 Å². The molecule has 1 saturated carbocycles. The third-order valence-electron chi connectivity index (χ3n) is 5.07. The highest BCUT2D eigenvalue weighted by atomic mass is 16.5. The predicted molar refractivity (Wildman–Crippen MR) is 115 cm³/mol. The lowest BCUT2D eigenvalue weighted by Gasteiger charge is -2.30.